The number of carbonyl (C=O) groups is 3. The summed E-state index contributed by atoms with van der Waals surface area (Å²) in [5.41, 5.74) is 2.25. The summed E-state index contributed by atoms with van der Waals surface area (Å²) in [5.74, 6) is 0.197. The molecule has 2 saturated heterocycles. The van der Waals surface area contributed by atoms with Crippen LogP contribution in [0.2, 0.25) is 0 Å². The molecule has 3 aliphatic rings. The number of carbonyl (C=O) groups excluding carboxylic acids is 3. The Labute approximate surface area is 257 Å². The van der Waals surface area contributed by atoms with Crippen LogP contribution in [0.3, 0.4) is 0 Å². The zero-order valence-corrected chi connectivity index (χ0v) is 27.2. The predicted octanol–water partition coefficient (Wildman–Crippen LogP) is 5.93. The molecule has 0 bridgehead atoms. The Balaban J connectivity index is 1.21. The minimum absolute atomic E-state index is 0.0373. The third kappa shape index (κ3) is 8.55. The zero-order valence-electron chi connectivity index (χ0n) is 27.2. The maximum Gasteiger partial charge on any atom is 0.224 e. The maximum absolute atomic E-state index is 13.0. The summed E-state index contributed by atoms with van der Waals surface area (Å²) in [6.45, 7) is 12.8. The molecule has 8 nitrogen and oxygen atoms in total. The van der Waals surface area contributed by atoms with Gasteiger partial charge in [-0.25, -0.2) is 0 Å². The number of methoxy groups -OCH3 is 1. The SMILES string of the molecule is CO[C@@H]1[C@H](NC(=O)CCCc2ccc(NC(=O)CCCC(=O)C(C)(C)C)cc2)CC[C@]2(CO2)[C@H]1[C@]1(C)O[C@@H]1CC=C(C)C. The highest BCUT2D eigenvalue weighted by Crippen LogP contribution is 2.59. The molecule has 1 spiro atoms. The van der Waals surface area contributed by atoms with Crippen molar-refractivity contribution in [2.75, 3.05) is 19.0 Å². The Morgan fingerprint density at radius 1 is 1.05 bits per heavy atom. The van der Waals surface area contributed by atoms with Crippen molar-refractivity contribution >= 4 is 23.3 Å². The standard InChI is InChI=1S/C35H52N2O6/c1-23(2)14-19-28-34(6,43-28)32-31(41-7)26(20-21-35(32)22-42-35)37-30(40)12-8-10-24-15-17-25(18-16-24)36-29(39)13-9-11-27(38)33(3,4)5/h14-18,26,28,31-32H,8-13,19-22H2,1-7H3,(H,36,39)(H,37,40)/t26-,28-,31-,32-,34-,35+/m1/s1. The summed E-state index contributed by atoms with van der Waals surface area (Å²) in [4.78, 5) is 37.3. The van der Waals surface area contributed by atoms with Crippen molar-refractivity contribution in [1.29, 1.82) is 0 Å². The van der Waals surface area contributed by atoms with Crippen molar-refractivity contribution in [3.8, 4) is 0 Å². The van der Waals surface area contributed by atoms with Gasteiger partial charge < -0.3 is 24.8 Å². The van der Waals surface area contributed by atoms with Crippen molar-refractivity contribution in [2.45, 2.75) is 129 Å². The number of rotatable bonds is 14. The van der Waals surface area contributed by atoms with Gasteiger partial charge in [0.15, 0.2) is 0 Å². The number of anilines is 1. The Morgan fingerprint density at radius 3 is 2.33 bits per heavy atom. The van der Waals surface area contributed by atoms with E-state index >= 15 is 0 Å². The molecule has 2 heterocycles. The Hall–Kier alpha value is -2.55. The highest BCUT2D eigenvalue weighted by molar-refractivity contribution is 5.91. The molecule has 8 heteroatoms. The average Bonchev–Trinajstić information content (AvgIpc) is 3.85. The monoisotopic (exact) mass is 596 g/mol. The Morgan fingerprint density at radius 2 is 1.72 bits per heavy atom. The van der Waals surface area contributed by atoms with E-state index in [9.17, 15) is 14.4 Å². The third-order valence-corrected chi connectivity index (χ3v) is 9.39. The van der Waals surface area contributed by atoms with Gasteiger partial charge in [0.2, 0.25) is 11.8 Å². The minimum atomic E-state index is -0.369. The lowest BCUT2D eigenvalue weighted by Crippen LogP contribution is -2.59. The van der Waals surface area contributed by atoms with Gasteiger partial charge >= 0.3 is 0 Å². The molecule has 2 aliphatic heterocycles. The van der Waals surface area contributed by atoms with Crippen molar-refractivity contribution < 1.29 is 28.6 Å². The number of Topliss-reactive ketones (excluding diaryl/α,β-unsaturated/α-hetero) is 1. The van der Waals surface area contributed by atoms with Gasteiger partial charge in [-0.15, -0.1) is 0 Å². The fourth-order valence-electron chi connectivity index (χ4n) is 6.64. The molecule has 1 aromatic carbocycles. The van der Waals surface area contributed by atoms with Crippen LogP contribution in [0.5, 0.6) is 0 Å². The highest BCUT2D eigenvalue weighted by atomic mass is 16.6. The first-order chi connectivity index (χ1) is 20.3. The van der Waals surface area contributed by atoms with E-state index in [4.69, 9.17) is 14.2 Å². The number of nitrogens with one attached hydrogen (secondary N) is 2. The van der Waals surface area contributed by atoms with E-state index in [1.807, 2.05) is 45.0 Å². The molecule has 1 aromatic rings. The van der Waals surface area contributed by atoms with Gasteiger partial charge in [-0.1, -0.05) is 44.6 Å². The summed E-state index contributed by atoms with van der Waals surface area (Å²) >= 11 is 0. The summed E-state index contributed by atoms with van der Waals surface area (Å²) in [5, 5.41) is 6.18. The predicted molar refractivity (Wildman–Crippen MR) is 168 cm³/mol. The molecule has 2 amide bonds. The number of epoxide rings is 2. The first-order valence-corrected chi connectivity index (χ1v) is 16.0. The van der Waals surface area contributed by atoms with Gasteiger partial charge in [0.05, 0.1) is 30.5 Å². The van der Waals surface area contributed by atoms with E-state index in [1.165, 1.54) is 5.57 Å². The minimum Gasteiger partial charge on any atom is -0.379 e. The number of allylic oxidation sites excluding steroid dienone is 1. The highest BCUT2D eigenvalue weighted by Gasteiger charge is 2.71. The van der Waals surface area contributed by atoms with E-state index in [1.54, 1.807) is 7.11 Å². The summed E-state index contributed by atoms with van der Waals surface area (Å²) in [7, 11) is 1.73. The van der Waals surface area contributed by atoms with Crippen LogP contribution in [-0.4, -0.2) is 60.8 Å². The third-order valence-electron chi connectivity index (χ3n) is 9.39. The second kappa shape index (κ2) is 13.6. The maximum atomic E-state index is 13.0. The number of benzene rings is 1. The van der Waals surface area contributed by atoms with Crippen LogP contribution in [0.25, 0.3) is 0 Å². The van der Waals surface area contributed by atoms with Crippen molar-refractivity contribution in [3.63, 3.8) is 0 Å². The molecule has 2 N–H and O–H groups in total. The molecule has 0 unspecified atom stereocenters. The number of ether oxygens (including phenoxy) is 3. The second-order valence-corrected chi connectivity index (χ2v) is 14.2. The van der Waals surface area contributed by atoms with Crippen LogP contribution in [0.1, 0.15) is 98.5 Å². The lowest BCUT2D eigenvalue weighted by Gasteiger charge is -2.43. The summed E-state index contributed by atoms with van der Waals surface area (Å²) in [6, 6.07) is 7.68. The van der Waals surface area contributed by atoms with Crippen LogP contribution < -0.4 is 10.6 Å². The molecular formula is C35H52N2O6. The number of aryl methyl sites for hydroxylation is 1. The lowest BCUT2D eigenvalue weighted by atomic mass is 9.67. The number of hydrogen-bond donors (Lipinski definition) is 2. The van der Waals surface area contributed by atoms with Crippen LogP contribution in [-0.2, 0) is 35.0 Å². The molecule has 238 valence electrons. The smallest absolute Gasteiger partial charge is 0.224 e. The van der Waals surface area contributed by atoms with Crippen molar-refractivity contribution in [2.24, 2.45) is 11.3 Å². The molecule has 1 saturated carbocycles. The molecule has 0 aromatic heterocycles. The van der Waals surface area contributed by atoms with Crippen molar-refractivity contribution in [1.82, 2.24) is 5.32 Å². The van der Waals surface area contributed by atoms with Crippen LogP contribution in [0.15, 0.2) is 35.9 Å². The van der Waals surface area contributed by atoms with E-state index < -0.39 is 0 Å². The Kier molecular flexibility index (Phi) is 10.6. The molecule has 3 fully saturated rings. The van der Waals surface area contributed by atoms with E-state index in [0.717, 1.165) is 50.0 Å². The zero-order chi connectivity index (χ0) is 31.4. The fraction of sp³-hybridized carbons (Fsp3) is 0.686. The largest absolute Gasteiger partial charge is 0.379 e. The van der Waals surface area contributed by atoms with Crippen molar-refractivity contribution in [3.05, 3.63) is 41.5 Å². The molecule has 1 aliphatic carbocycles. The summed E-state index contributed by atoms with van der Waals surface area (Å²) in [6.07, 6.45) is 8.03. The van der Waals surface area contributed by atoms with Gasteiger partial charge in [-0.05, 0) is 77.0 Å². The van der Waals surface area contributed by atoms with E-state index in [-0.39, 0.29) is 58.4 Å². The normalized spacial score (nSPS) is 29.6. The number of ketones is 1. The molecule has 43 heavy (non-hydrogen) atoms. The van der Waals surface area contributed by atoms with Gasteiger partial charge in [-0.3, -0.25) is 14.4 Å². The number of amides is 2. The van der Waals surface area contributed by atoms with Crippen LogP contribution in [0, 0.1) is 11.3 Å². The van der Waals surface area contributed by atoms with Gasteiger partial charge in [0, 0.05) is 43.4 Å². The van der Waals surface area contributed by atoms with Crippen LogP contribution in [0.4, 0.5) is 5.69 Å². The first-order valence-electron chi connectivity index (χ1n) is 16.0. The molecule has 6 atom stereocenters. The Bertz CT molecular complexity index is 1180. The first kappa shape index (κ1) is 33.3. The molecule has 4 rings (SSSR count). The molecule has 0 radical (unpaired) electrons. The fourth-order valence-corrected chi connectivity index (χ4v) is 6.64. The molecular weight excluding hydrogens is 544 g/mol. The average molecular weight is 597 g/mol. The van der Waals surface area contributed by atoms with Gasteiger partial charge in [-0.2, -0.15) is 0 Å². The quantitative estimate of drug-likeness (QED) is 0.204. The van der Waals surface area contributed by atoms with Gasteiger partial charge in [0.1, 0.15) is 11.4 Å². The summed E-state index contributed by atoms with van der Waals surface area (Å²) < 4.78 is 18.4. The second-order valence-electron chi connectivity index (χ2n) is 14.2. The van der Waals surface area contributed by atoms with E-state index in [2.05, 4.69) is 37.5 Å². The van der Waals surface area contributed by atoms with Crippen LogP contribution >= 0.6 is 0 Å². The lowest BCUT2D eigenvalue weighted by molar-refractivity contribution is -0.127. The van der Waals surface area contributed by atoms with E-state index in [0.29, 0.717) is 25.7 Å². The number of hydrogen-bond acceptors (Lipinski definition) is 6. The van der Waals surface area contributed by atoms with Gasteiger partial charge in [0.25, 0.3) is 0 Å². The topological polar surface area (TPSA) is 110 Å².